The Hall–Kier alpha value is -0.950. The van der Waals surface area contributed by atoms with Gasteiger partial charge in [-0.3, -0.25) is 0 Å². The molecule has 120 valence electrons. The quantitative estimate of drug-likeness (QED) is 0.384. The van der Waals surface area contributed by atoms with Crippen molar-refractivity contribution in [2.75, 3.05) is 5.75 Å². The third-order valence-electron chi connectivity index (χ3n) is 4.52. The fraction of sp³-hybridized carbons (Fsp3) is 0.524. The zero-order valence-corrected chi connectivity index (χ0v) is 15.6. The van der Waals surface area contributed by atoms with E-state index in [1.165, 1.54) is 64.1 Å². The molecule has 0 heterocycles. The van der Waals surface area contributed by atoms with Gasteiger partial charge >= 0.3 is 0 Å². The molecule has 0 spiro atoms. The first-order valence-electron chi connectivity index (χ1n) is 8.71. The molecule has 0 aromatic carbocycles. The van der Waals surface area contributed by atoms with Crippen molar-refractivity contribution in [3.05, 3.63) is 41.0 Å². The second-order valence-corrected chi connectivity index (χ2v) is 7.82. The zero-order valence-electron chi connectivity index (χ0n) is 14.8. The van der Waals surface area contributed by atoms with Crippen LogP contribution in [0.4, 0.5) is 0 Å². The minimum absolute atomic E-state index is 0.578. The van der Waals surface area contributed by atoms with Crippen molar-refractivity contribution in [3.63, 3.8) is 0 Å². The summed E-state index contributed by atoms with van der Waals surface area (Å²) in [6.45, 7) is 11.4. The molecule has 0 nitrogen and oxygen atoms in total. The van der Waals surface area contributed by atoms with E-state index in [0.29, 0.717) is 5.92 Å². The summed E-state index contributed by atoms with van der Waals surface area (Å²) < 4.78 is 0. The van der Waals surface area contributed by atoms with Crippen LogP contribution in [-0.2, 0) is 0 Å². The number of thioether (sulfide) groups is 1. The molecule has 2 aliphatic carbocycles. The number of hydrogen-bond acceptors (Lipinski definition) is 1. The SMILES string of the molecule is CCCCCCSc1cc2c(C)ccc(C(C)C)cc-2c1C. The number of rotatable bonds is 7. The van der Waals surface area contributed by atoms with E-state index in [2.05, 4.69) is 58.9 Å². The molecule has 22 heavy (non-hydrogen) atoms. The van der Waals surface area contributed by atoms with Gasteiger partial charge in [-0.15, -0.1) is 11.8 Å². The van der Waals surface area contributed by atoms with Gasteiger partial charge in [-0.2, -0.15) is 0 Å². The van der Waals surface area contributed by atoms with Gasteiger partial charge < -0.3 is 0 Å². The number of unbranched alkanes of at least 4 members (excludes halogenated alkanes) is 3. The zero-order chi connectivity index (χ0) is 16.1. The van der Waals surface area contributed by atoms with Gasteiger partial charge in [0.1, 0.15) is 0 Å². The maximum Gasteiger partial charge on any atom is 0.0114 e. The van der Waals surface area contributed by atoms with Crippen LogP contribution in [0.15, 0.2) is 29.2 Å². The van der Waals surface area contributed by atoms with Crippen molar-refractivity contribution in [1.82, 2.24) is 0 Å². The normalized spacial score (nSPS) is 11.5. The first kappa shape index (κ1) is 17.4. The van der Waals surface area contributed by atoms with Crippen LogP contribution in [0.3, 0.4) is 0 Å². The minimum Gasteiger partial charge on any atom is -0.126 e. The highest BCUT2D eigenvalue weighted by Gasteiger charge is 2.15. The molecule has 0 radical (unpaired) electrons. The highest BCUT2D eigenvalue weighted by atomic mass is 32.2. The summed E-state index contributed by atoms with van der Waals surface area (Å²) in [5.41, 5.74) is 7.17. The average Bonchev–Trinajstić information content (AvgIpc) is 2.69. The Morgan fingerprint density at radius 2 is 1.73 bits per heavy atom. The van der Waals surface area contributed by atoms with E-state index in [1.807, 2.05) is 11.8 Å². The molecule has 0 unspecified atom stereocenters. The van der Waals surface area contributed by atoms with E-state index in [-0.39, 0.29) is 0 Å². The predicted molar refractivity (Wildman–Crippen MR) is 101 cm³/mol. The molecule has 0 bridgehead atoms. The van der Waals surface area contributed by atoms with Crippen LogP contribution in [0, 0.1) is 13.8 Å². The molecule has 2 rings (SSSR count). The average molecular weight is 315 g/mol. The molecule has 0 aromatic rings. The van der Waals surface area contributed by atoms with E-state index in [0.717, 1.165) is 0 Å². The van der Waals surface area contributed by atoms with E-state index in [9.17, 15) is 0 Å². The topological polar surface area (TPSA) is 0 Å². The summed E-state index contributed by atoms with van der Waals surface area (Å²) in [6.07, 6.45) is 5.39. The number of fused-ring (bicyclic) bond motifs is 1. The lowest BCUT2D eigenvalue weighted by atomic mass is 10.0. The Morgan fingerprint density at radius 1 is 0.955 bits per heavy atom. The van der Waals surface area contributed by atoms with Gasteiger partial charge in [0, 0.05) is 4.90 Å². The number of hydrogen-bond donors (Lipinski definition) is 0. The maximum absolute atomic E-state index is 2.41. The summed E-state index contributed by atoms with van der Waals surface area (Å²) in [5, 5.41) is 0. The summed E-state index contributed by atoms with van der Waals surface area (Å²) in [7, 11) is 0. The lowest BCUT2D eigenvalue weighted by Crippen LogP contribution is -1.84. The van der Waals surface area contributed by atoms with E-state index < -0.39 is 0 Å². The Balaban J connectivity index is 2.24. The third-order valence-corrected chi connectivity index (χ3v) is 5.75. The summed E-state index contributed by atoms with van der Waals surface area (Å²) in [6, 6.07) is 9.39. The molecule has 0 saturated carbocycles. The molecule has 0 atom stereocenters. The van der Waals surface area contributed by atoms with Gasteiger partial charge in [0.25, 0.3) is 0 Å². The summed E-state index contributed by atoms with van der Waals surface area (Å²) >= 11 is 2.04. The van der Waals surface area contributed by atoms with Crippen LogP contribution in [-0.4, -0.2) is 5.75 Å². The Labute approximate surface area is 141 Å². The molecular formula is C21H30S. The molecule has 0 saturated heterocycles. The van der Waals surface area contributed by atoms with Crippen molar-refractivity contribution >= 4 is 11.8 Å². The second kappa shape index (κ2) is 8.06. The monoisotopic (exact) mass is 314 g/mol. The summed E-state index contributed by atoms with van der Waals surface area (Å²) in [5.74, 6) is 1.83. The van der Waals surface area contributed by atoms with E-state index >= 15 is 0 Å². The smallest absolute Gasteiger partial charge is 0.0114 e. The molecule has 0 aliphatic heterocycles. The maximum atomic E-state index is 2.41. The van der Waals surface area contributed by atoms with Crippen molar-refractivity contribution in [2.45, 2.75) is 71.1 Å². The van der Waals surface area contributed by atoms with Crippen LogP contribution < -0.4 is 0 Å². The summed E-state index contributed by atoms with van der Waals surface area (Å²) in [4.78, 5) is 1.48. The Bertz CT molecular complexity index is 583. The Morgan fingerprint density at radius 3 is 2.41 bits per heavy atom. The van der Waals surface area contributed by atoms with Crippen molar-refractivity contribution in [1.29, 1.82) is 0 Å². The second-order valence-electron chi connectivity index (χ2n) is 6.69. The highest BCUT2D eigenvalue weighted by Crippen LogP contribution is 2.39. The van der Waals surface area contributed by atoms with Gasteiger partial charge in [-0.25, -0.2) is 0 Å². The first-order chi connectivity index (χ1) is 10.5. The fourth-order valence-electron chi connectivity index (χ4n) is 2.91. The van der Waals surface area contributed by atoms with Crippen LogP contribution in [0.5, 0.6) is 0 Å². The molecule has 0 amide bonds. The predicted octanol–water partition coefficient (Wildman–Crippen LogP) is 7.20. The van der Waals surface area contributed by atoms with Gasteiger partial charge in [-0.05, 0) is 65.8 Å². The van der Waals surface area contributed by atoms with Gasteiger partial charge in [0.15, 0.2) is 0 Å². The molecule has 2 aliphatic rings. The third kappa shape index (κ3) is 4.07. The van der Waals surface area contributed by atoms with Gasteiger partial charge in [-0.1, -0.05) is 58.2 Å². The molecule has 0 fully saturated rings. The van der Waals surface area contributed by atoms with Crippen LogP contribution in [0.1, 0.15) is 69.1 Å². The van der Waals surface area contributed by atoms with Crippen molar-refractivity contribution in [2.24, 2.45) is 0 Å². The fourth-order valence-corrected chi connectivity index (χ4v) is 4.01. The lowest BCUT2D eigenvalue weighted by molar-refractivity contribution is 0.706. The highest BCUT2D eigenvalue weighted by molar-refractivity contribution is 7.99. The minimum atomic E-state index is 0.578. The molecular weight excluding hydrogens is 284 g/mol. The van der Waals surface area contributed by atoms with Crippen LogP contribution in [0.2, 0.25) is 0 Å². The van der Waals surface area contributed by atoms with Gasteiger partial charge in [0.2, 0.25) is 0 Å². The van der Waals surface area contributed by atoms with Crippen LogP contribution in [0.25, 0.3) is 11.1 Å². The lowest BCUT2D eigenvalue weighted by Gasteiger charge is -2.04. The first-order valence-corrected chi connectivity index (χ1v) is 9.69. The largest absolute Gasteiger partial charge is 0.126 e. The standard InChI is InChI=1S/C21H30S/c1-6-7-8-9-12-22-21-14-19-16(4)10-11-18(15(2)3)13-20(19)17(21)5/h10-11,13-15H,6-9,12H2,1-5H3. The molecule has 0 N–H and O–H groups in total. The van der Waals surface area contributed by atoms with Crippen LogP contribution >= 0.6 is 11.8 Å². The van der Waals surface area contributed by atoms with Crippen molar-refractivity contribution < 1.29 is 0 Å². The molecule has 0 aromatic heterocycles. The van der Waals surface area contributed by atoms with E-state index in [4.69, 9.17) is 0 Å². The van der Waals surface area contributed by atoms with Gasteiger partial charge in [0.05, 0.1) is 0 Å². The Kier molecular flexibility index (Phi) is 6.37. The number of aryl methyl sites for hydroxylation is 1. The van der Waals surface area contributed by atoms with E-state index in [1.54, 1.807) is 0 Å². The van der Waals surface area contributed by atoms with Crippen molar-refractivity contribution in [3.8, 4) is 11.1 Å². The molecule has 1 heteroatoms.